The molecule has 2 aromatic heterocycles. The van der Waals surface area contributed by atoms with Gasteiger partial charge in [0.2, 0.25) is 11.8 Å². The smallest absolute Gasteiger partial charge is 0.265 e. The number of nitrogens with zero attached hydrogens (tertiary/aromatic N) is 5. The van der Waals surface area contributed by atoms with Crippen LogP contribution in [0.5, 0.6) is 0 Å². The number of piperidine rings is 2. The topological polar surface area (TPSA) is 199 Å². The molecule has 1 spiro atoms. The first kappa shape index (κ1) is 31.9. The molecule has 3 fully saturated rings. The maximum absolute atomic E-state index is 15.3. The van der Waals surface area contributed by atoms with Crippen LogP contribution in [0.25, 0.3) is 0 Å². The molecule has 14 nitrogen and oxygen atoms in total. The summed E-state index contributed by atoms with van der Waals surface area (Å²) in [7, 11) is 0. The van der Waals surface area contributed by atoms with Crippen molar-refractivity contribution in [2.45, 2.75) is 67.3 Å². The number of imide groups is 2. The number of benzene rings is 1. The number of rotatable bonds is 7. The average Bonchev–Trinajstić information content (AvgIpc) is 3.49. The van der Waals surface area contributed by atoms with Gasteiger partial charge in [-0.15, -0.1) is 0 Å². The highest BCUT2D eigenvalue weighted by molar-refractivity contribution is 7.99. The summed E-state index contributed by atoms with van der Waals surface area (Å²) in [5.74, 6) is -2.24. The fourth-order valence-electron chi connectivity index (χ4n) is 7.15. The first-order valence-corrected chi connectivity index (χ1v) is 16.5. The third-order valence-corrected chi connectivity index (χ3v) is 10.6. The zero-order chi connectivity index (χ0) is 33.7. The van der Waals surface area contributed by atoms with Crippen molar-refractivity contribution >= 4 is 52.8 Å². The lowest BCUT2D eigenvalue weighted by Crippen LogP contribution is -2.54. The third-order valence-electron chi connectivity index (χ3n) is 9.64. The lowest BCUT2D eigenvalue weighted by Gasteiger charge is -2.43. The summed E-state index contributed by atoms with van der Waals surface area (Å²) in [6.07, 6.45) is 4.82. The zero-order valence-corrected chi connectivity index (χ0v) is 26.9. The van der Waals surface area contributed by atoms with Crippen LogP contribution in [0.4, 0.5) is 21.8 Å². The summed E-state index contributed by atoms with van der Waals surface area (Å²) >= 11 is 1.37. The predicted octanol–water partition coefficient (Wildman–Crippen LogP) is 1.89. The highest BCUT2D eigenvalue weighted by Crippen LogP contribution is 2.43. The van der Waals surface area contributed by atoms with E-state index in [1.54, 1.807) is 18.5 Å². The molecule has 1 aromatic carbocycles. The Labute approximate surface area is 279 Å². The minimum absolute atomic E-state index is 0.00211. The van der Waals surface area contributed by atoms with Gasteiger partial charge in [0.25, 0.3) is 11.8 Å². The summed E-state index contributed by atoms with van der Waals surface area (Å²) in [4.78, 5) is 67.3. The first-order chi connectivity index (χ1) is 23.0. The van der Waals surface area contributed by atoms with E-state index in [-0.39, 0.29) is 48.1 Å². The van der Waals surface area contributed by atoms with Crippen LogP contribution in [0.15, 0.2) is 46.6 Å². The lowest BCUT2D eigenvalue weighted by atomic mass is 9.73. The Morgan fingerprint density at radius 1 is 1.12 bits per heavy atom. The minimum atomic E-state index is -1.16. The Hall–Kier alpha value is -4.67. The fourth-order valence-corrected chi connectivity index (χ4v) is 7.94. The number of amides is 4. The molecule has 3 atom stereocenters. The number of halogens is 1. The van der Waals surface area contributed by atoms with E-state index in [1.165, 1.54) is 23.9 Å². The molecule has 48 heavy (non-hydrogen) atoms. The largest absolute Gasteiger partial charge is 0.384 e. The molecule has 250 valence electrons. The standard InChI is InChI=1S/C32H34FN9O5S/c1-16-26(37-13-17-10-19-25(20(33)11-17)31(46)42(30(19)45)21-2-3-24(43)40-28(21)44)32(15-47-16)5-8-41(9-6-32)23-14-38-29(27(35)39-23)48-18-4-7-36-22(34)12-18/h4,7,10-12,14,16,21,26,37H,2-3,5-6,8-9,13,15H2,1H3,(H2,34,36)(H2,35,39)(H,40,43,44)/t16-,21?,26+/m0/s1. The second-order valence-corrected chi connectivity index (χ2v) is 13.7. The van der Waals surface area contributed by atoms with E-state index in [9.17, 15) is 19.2 Å². The molecule has 1 unspecified atom stereocenters. The van der Waals surface area contributed by atoms with Gasteiger partial charge in [-0.25, -0.2) is 19.3 Å². The number of hydrogen-bond donors (Lipinski definition) is 4. The molecule has 4 amide bonds. The number of hydrogen-bond acceptors (Lipinski definition) is 13. The normalized spacial score (nSPS) is 23.6. The van der Waals surface area contributed by atoms with E-state index in [2.05, 4.69) is 30.5 Å². The summed E-state index contributed by atoms with van der Waals surface area (Å²) in [5.41, 5.74) is 11.9. The number of pyridine rings is 1. The summed E-state index contributed by atoms with van der Waals surface area (Å²) in [5, 5.41) is 6.28. The maximum atomic E-state index is 15.3. The monoisotopic (exact) mass is 675 g/mol. The van der Waals surface area contributed by atoms with Gasteiger partial charge in [-0.3, -0.25) is 29.4 Å². The summed E-state index contributed by atoms with van der Waals surface area (Å²) in [6.45, 7) is 4.20. The van der Waals surface area contributed by atoms with Crippen LogP contribution >= 0.6 is 11.8 Å². The molecule has 6 N–H and O–H groups in total. The van der Waals surface area contributed by atoms with Crippen molar-refractivity contribution in [3.63, 3.8) is 0 Å². The van der Waals surface area contributed by atoms with E-state index >= 15 is 4.39 Å². The van der Waals surface area contributed by atoms with Gasteiger partial charge in [0.1, 0.15) is 28.5 Å². The summed E-state index contributed by atoms with van der Waals surface area (Å²) < 4.78 is 21.5. The van der Waals surface area contributed by atoms with Gasteiger partial charge in [-0.2, -0.15) is 0 Å². The van der Waals surface area contributed by atoms with E-state index in [4.69, 9.17) is 16.2 Å². The lowest BCUT2D eigenvalue weighted by molar-refractivity contribution is -0.136. The van der Waals surface area contributed by atoms with Gasteiger partial charge in [-0.05, 0) is 56.0 Å². The van der Waals surface area contributed by atoms with Crippen molar-refractivity contribution in [2.24, 2.45) is 5.41 Å². The Morgan fingerprint density at radius 2 is 1.92 bits per heavy atom. The van der Waals surface area contributed by atoms with Gasteiger partial charge in [0.15, 0.2) is 5.82 Å². The van der Waals surface area contributed by atoms with Crippen LogP contribution in [-0.4, -0.2) is 81.4 Å². The third kappa shape index (κ3) is 5.73. The number of fused-ring (bicyclic) bond motifs is 1. The number of aromatic nitrogens is 3. The second kappa shape index (κ2) is 12.4. The van der Waals surface area contributed by atoms with Crippen LogP contribution < -0.4 is 27.0 Å². The number of anilines is 3. The molecule has 4 aliphatic rings. The number of carbonyl (C=O) groups excluding carboxylic acids is 4. The Bertz CT molecular complexity index is 1840. The van der Waals surface area contributed by atoms with E-state index in [0.29, 0.717) is 47.7 Å². The zero-order valence-electron chi connectivity index (χ0n) is 26.1. The van der Waals surface area contributed by atoms with Crippen molar-refractivity contribution in [3.05, 3.63) is 59.2 Å². The average molecular weight is 676 g/mol. The van der Waals surface area contributed by atoms with Crippen molar-refractivity contribution in [1.29, 1.82) is 0 Å². The van der Waals surface area contributed by atoms with E-state index in [0.717, 1.165) is 22.6 Å². The number of nitrogens with two attached hydrogens (primary N) is 2. The molecule has 16 heteroatoms. The molecule has 4 aliphatic heterocycles. The Balaban J connectivity index is 1.01. The molecular formula is C32H34FN9O5S. The highest BCUT2D eigenvalue weighted by atomic mass is 32.2. The molecule has 7 rings (SSSR count). The Morgan fingerprint density at radius 3 is 2.65 bits per heavy atom. The fraction of sp³-hybridized carbons (Fsp3) is 0.406. The molecule has 0 radical (unpaired) electrons. The van der Waals surface area contributed by atoms with E-state index < -0.39 is 35.5 Å². The van der Waals surface area contributed by atoms with Crippen LogP contribution in [-0.2, 0) is 20.9 Å². The molecule has 3 saturated heterocycles. The second-order valence-electron chi connectivity index (χ2n) is 12.6. The SMILES string of the molecule is C[C@@H]1OCC2(CCN(c3cnc(Sc4ccnc(N)c4)c(N)n3)CC2)[C@@H]1NCc1cc(F)c2c(c1)C(=O)N(C1CCC(=O)NC1=O)C2=O. The quantitative estimate of drug-likeness (QED) is 0.265. The van der Waals surface area contributed by atoms with Gasteiger partial charge in [-0.1, -0.05) is 11.8 Å². The summed E-state index contributed by atoms with van der Waals surface area (Å²) in [6, 6.07) is 5.10. The number of nitrogens with one attached hydrogen (secondary N) is 2. The van der Waals surface area contributed by atoms with Crippen molar-refractivity contribution in [1.82, 2.24) is 30.5 Å². The van der Waals surface area contributed by atoms with Crippen molar-refractivity contribution < 1.29 is 28.3 Å². The number of nitrogen functional groups attached to an aromatic ring is 2. The van der Waals surface area contributed by atoms with Gasteiger partial charge < -0.3 is 26.4 Å². The van der Waals surface area contributed by atoms with Crippen LogP contribution in [0.3, 0.4) is 0 Å². The highest BCUT2D eigenvalue weighted by Gasteiger charge is 2.50. The number of carbonyl (C=O) groups is 4. The van der Waals surface area contributed by atoms with E-state index in [1.807, 2.05) is 13.0 Å². The van der Waals surface area contributed by atoms with Crippen LogP contribution in [0.2, 0.25) is 0 Å². The maximum Gasteiger partial charge on any atom is 0.265 e. The van der Waals surface area contributed by atoms with Crippen LogP contribution in [0.1, 0.15) is 58.9 Å². The van der Waals surface area contributed by atoms with Crippen molar-refractivity contribution in [3.8, 4) is 0 Å². The molecular weight excluding hydrogens is 641 g/mol. The molecule has 0 aliphatic carbocycles. The van der Waals surface area contributed by atoms with Crippen LogP contribution in [0, 0.1) is 11.2 Å². The van der Waals surface area contributed by atoms with Gasteiger partial charge >= 0.3 is 0 Å². The Kier molecular flexibility index (Phi) is 8.25. The van der Waals surface area contributed by atoms with Crippen molar-refractivity contribution in [2.75, 3.05) is 36.1 Å². The number of ether oxygens (including phenoxy) is 1. The predicted molar refractivity (Wildman–Crippen MR) is 172 cm³/mol. The first-order valence-electron chi connectivity index (χ1n) is 15.7. The molecule has 3 aromatic rings. The minimum Gasteiger partial charge on any atom is -0.384 e. The molecule has 6 heterocycles. The molecule has 0 saturated carbocycles. The van der Waals surface area contributed by atoms with Gasteiger partial charge in [0, 0.05) is 48.6 Å². The van der Waals surface area contributed by atoms with Gasteiger partial charge in [0.05, 0.1) is 30.0 Å². The molecule has 0 bridgehead atoms.